The Bertz CT molecular complexity index is 788. The van der Waals surface area contributed by atoms with E-state index in [0.717, 1.165) is 16.8 Å². The summed E-state index contributed by atoms with van der Waals surface area (Å²) in [5.74, 6) is -0.0853. The Morgan fingerprint density at radius 2 is 2.08 bits per heavy atom. The van der Waals surface area contributed by atoms with Gasteiger partial charge in [0.25, 0.3) is 0 Å². The predicted octanol–water partition coefficient (Wildman–Crippen LogP) is 4.15. The maximum atomic E-state index is 12.1. The Balaban J connectivity index is 1.57. The van der Waals surface area contributed by atoms with Gasteiger partial charge in [0.2, 0.25) is 5.91 Å². The molecule has 0 saturated carbocycles. The topological polar surface area (TPSA) is 55.4 Å². The molecule has 0 fully saturated rings. The molecule has 0 spiro atoms. The van der Waals surface area contributed by atoms with Crippen LogP contribution in [0, 0.1) is 12.8 Å². The highest BCUT2D eigenvalue weighted by molar-refractivity contribution is 6.30. The normalized spacial score (nSPS) is 16.2. The summed E-state index contributed by atoms with van der Waals surface area (Å²) in [5.41, 5.74) is 2.77. The zero-order valence-electron chi connectivity index (χ0n) is 13.3. The van der Waals surface area contributed by atoms with E-state index in [-0.39, 0.29) is 24.2 Å². The maximum absolute atomic E-state index is 12.1. The van der Waals surface area contributed by atoms with Gasteiger partial charge in [-0.15, -0.1) is 0 Å². The Labute approximate surface area is 145 Å². The zero-order valence-corrected chi connectivity index (χ0v) is 14.1. The summed E-state index contributed by atoms with van der Waals surface area (Å²) in [5, 5.41) is 3.49. The number of para-hydroxylation sites is 1. The van der Waals surface area contributed by atoms with Crippen LogP contribution >= 0.6 is 11.6 Å². The number of fused-ring (bicyclic) bond motifs is 1. The van der Waals surface area contributed by atoms with Gasteiger partial charge in [0, 0.05) is 23.0 Å². The number of nitrogens with one attached hydrogen (secondary N) is 1. The number of rotatable bonds is 4. The van der Waals surface area contributed by atoms with Gasteiger partial charge in [-0.2, -0.15) is 0 Å². The molecule has 3 rings (SSSR count). The predicted molar refractivity (Wildman–Crippen MR) is 93.3 cm³/mol. The molecule has 24 heavy (non-hydrogen) atoms. The first-order valence-corrected chi connectivity index (χ1v) is 8.26. The minimum Gasteiger partial charge on any atom is -0.426 e. The first kappa shape index (κ1) is 16.5. The smallest absolute Gasteiger partial charge is 0.311 e. The highest BCUT2D eigenvalue weighted by Gasteiger charge is 2.26. The second kappa shape index (κ2) is 7.05. The highest BCUT2D eigenvalue weighted by atomic mass is 35.5. The summed E-state index contributed by atoms with van der Waals surface area (Å²) >= 11 is 5.89. The van der Waals surface area contributed by atoms with Crippen LogP contribution in [0.5, 0.6) is 5.75 Å². The van der Waals surface area contributed by atoms with Crippen molar-refractivity contribution >= 4 is 29.2 Å². The molecule has 1 aliphatic rings. The Hall–Kier alpha value is -2.33. The first-order valence-electron chi connectivity index (χ1n) is 7.88. The maximum Gasteiger partial charge on any atom is 0.311 e. The standard InChI is InChI=1S/C19H18ClNO3/c1-12-10-15(20)7-8-17(12)24-18(22)9-6-14-11-13-4-2-3-5-16(13)21-19(14)23/h2-5,7-8,10,14H,6,9,11H2,1H3,(H,21,23)/t14-/m1/s1. The van der Waals surface area contributed by atoms with Gasteiger partial charge in [0.1, 0.15) is 5.75 Å². The molecule has 1 amide bonds. The third kappa shape index (κ3) is 3.77. The number of carbonyl (C=O) groups is 2. The van der Waals surface area contributed by atoms with Crippen LogP contribution in [0.25, 0.3) is 0 Å². The molecular weight excluding hydrogens is 326 g/mol. The lowest BCUT2D eigenvalue weighted by molar-refractivity contribution is -0.134. The van der Waals surface area contributed by atoms with Crippen LogP contribution in [0.2, 0.25) is 5.02 Å². The zero-order chi connectivity index (χ0) is 17.1. The van der Waals surface area contributed by atoms with Gasteiger partial charge in [-0.1, -0.05) is 29.8 Å². The molecule has 1 N–H and O–H groups in total. The molecule has 2 aromatic carbocycles. The van der Waals surface area contributed by atoms with Gasteiger partial charge < -0.3 is 10.1 Å². The molecule has 0 aromatic heterocycles. The van der Waals surface area contributed by atoms with Crippen LogP contribution in [-0.4, -0.2) is 11.9 Å². The van der Waals surface area contributed by atoms with E-state index in [0.29, 0.717) is 23.6 Å². The van der Waals surface area contributed by atoms with Crippen molar-refractivity contribution in [3.63, 3.8) is 0 Å². The van der Waals surface area contributed by atoms with E-state index in [9.17, 15) is 9.59 Å². The van der Waals surface area contributed by atoms with E-state index in [2.05, 4.69) is 5.32 Å². The van der Waals surface area contributed by atoms with Crippen molar-refractivity contribution < 1.29 is 14.3 Å². The van der Waals surface area contributed by atoms with E-state index in [1.165, 1.54) is 0 Å². The fraction of sp³-hybridized carbons (Fsp3) is 0.263. The van der Waals surface area contributed by atoms with Crippen molar-refractivity contribution in [1.82, 2.24) is 0 Å². The third-order valence-electron chi connectivity index (χ3n) is 4.17. The fourth-order valence-corrected chi connectivity index (χ4v) is 3.07. The van der Waals surface area contributed by atoms with Crippen molar-refractivity contribution in [3.05, 3.63) is 58.6 Å². The largest absolute Gasteiger partial charge is 0.426 e. The Morgan fingerprint density at radius 3 is 2.88 bits per heavy atom. The van der Waals surface area contributed by atoms with Crippen LogP contribution in [0.1, 0.15) is 24.0 Å². The van der Waals surface area contributed by atoms with Crippen LogP contribution in [0.15, 0.2) is 42.5 Å². The number of ether oxygens (including phenoxy) is 1. The number of hydrogen-bond donors (Lipinski definition) is 1. The van der Waals surface area contributed by atoms with E-state index < -0.39 is 0 Å². The highest BCUT2D eigenvalue weighted by Crippen LogP contribution is 2.28. The molecule has 1 atom stereocenters. The summed E-state index contributed by atoms with van der Waals surface area (Å²) in [7, 11) is 0. The molecule has 5 heteroatoms. The molecular formula is C19H18ClNO3. The van der Waals surface area contributed by atoms with Crippen molar-refractivity contribution in [2.24, 2.45) is 5.92 Å². The van der Waals surface area contributed by atoms with E-state index in [1.54, 1.807) is 18.2 Å². The van der Waals surface area contributed by atoms with Gasteiger partial charge in [-0.3, -0.25) is 9.59 Å². The number of benzene rings is 2. The Morgan fingerprint density at radius 1 is 1.29 bits per heavy atom. The SMILES string of the molecule is Cc1cc(Cl)ccc1OC(=O)CC[C@@H]1Cc2ccccc2NC1=O. The van der Waals surface area contributed by atoms with Crippen molar-refractivity contribution in [2.45, 2.75) is 26.2 Å². The minimum absolute atomic E-state index is 0.0378. The average Bonchev–Trinajstić information content (AvgIpc) is 2.55. The minimum atomic E-state index is -0.341. The van der Waals surface area contributed by atoms with Crippen molar-refractivity contribution in [1.29, 1.82) is 0 Å². The monoisotopic (exact) mass is 343 g/mol. The van der Waals surface area contributed by atoms with E-state index in [1.807, 2.05) is 31.2 Å². The summed E-state index contributed by atoms with van der Waals surface area (Å²) in [6.07, 6.45) is 1.31. The number of esters is 1. The molecule has 2 aromatic rings. The number of hydrogen-bond acceptors (Lipinski definition) is 3. The second-order valence-corrected chi connectivity index (χ2v) is 6.41. The first-order chi connectivity index (χ1) is 11.5. The summed E-state index contributed by atoms with van der Waals surface area (Å²) in [4.78, 5) is 24.2. The summed E-state index contributed by atoms with van der Waals surface area (Å²) in [6, 6.07) is 12.8. The van der Waals surface area contributed by atoms with E-state index >= 15 is 0 Å². The lowest BCUT2D eigenvalue weighted by Gasteiger charge is -2.24. The van der Waals surface area contributed by atoms with Crippen molar-refractivity contribution in [3.8, 4) is 5.75 Å². The molecule has 4 nitrogen and oxygen atoms in total. The molecule has 0 bridgehead atoms. The number of aryl methyl sites for hydroxylation is 1. The van der Waals surface area contributed by atoms with Crippen LogP contribution in [-0.2, 0) is 16.0 Å². The second-order valence-electron chi connectivity index (χ2n) is 5.97. The molecule has 0 radical (unpaired) electrons. The molecule has 0 saturated heterocycles. The lowest BCUT2D eigenvalue weighted by atomic mass is 9.90. The number of anilines is 1. The summed E-state index contributed by atoms with van der Waals surface area (Å²) < 4.78 is 5.37. The number of carbonyl (C=O) groups excluding carboxylic acids is 2. The van der Waals surface area contributed by atoms with Gasteiger partial charge in [0.05, 0.1) is 0 Å². The van der Waals surface area contributed by atoms with Gasteiger partial charge in [0.15, 0.2) is 0 Å². The third-order valence-corrected chi connectivity index (χ3v) is 4.41. The van der Waals surface area contributed by atoms with Gasteiger partial charge in [-0.05, 0) is 55.2 Å². The number of amides is 1. The quantitative estimate of drug-likeness (QED) is 0.670. The molecule has 1 heterocycles. The van der Waals surface area contributed by atoms with E-state index in [4.69, 9.17) is 16.3 Å². The molecule has 0 aliphatic carbocycles. The molecule has 1 aliphatic heterocycles. The number of halogens is 1. The Kier molecular flexibility index (Phi) is 4.86. The molecule has 124 valence electrons. The summed E-state index contributed by atoms with van der Waals surface area (Å²) in [6.45, 7) is 1.83. The lowest BCUT2D eigenvalue weighted by Crippen LogP contribution is -2.30. The van der Waals surface area contributed by atoms with Crippen LogP contribution in [0.4, 0.5) is 5.69 Å². The van der Waals surface area contributed by atoms with Crippen LogP contribution < -0.4 is 10.1 Å². The van der Waals surface area contributed by atoms with Crippen molar-refractivity contribution in [2.75, 3.05) is 5.32 Å². The van der Waals surface area contributed by atoms with Crippen LogP contribution in [0.3, 0.4) is 0 Å². The fourth-order valence-electron chi connectivity index (χ4n) is 2.84. The average molecular weight is 344 g/mol. The molecule has 0 unspecified atom stereocenters. The van der Waals surface area contributed by atoms with Gasteiger partial charge >= 0.3 is 5.97 Å². The van der Waals surface area contributed by atoms with Gasteiger partial charge in [-0.25, -0.2) is 0 Å².